The summed E-state index contributed by atoms with van der Waals surface area (Å²) >= 11 is 0. The molecule has 6 N–H and O–H groups in total. The van der Waals surface area contributed by atoms with Crippen LogP contribution < -0.4 is 10.5 Å². The first kappa shape index (κ1) is 16.9. The summed E-state index contributed by atoms with van der Waals surface area (Å²) in [4.78, 5) is 21.1. The molecule has 0 fully saturated rings. The number of amides is 1. The maximum Gasteiger partial charge on any atom is 0.339 e. The molecule has 0 aliphatic rings. The standard InChI is InChI=1S/C11H14N2O7S/c1-5-2-7(14)6(11(17)18)3-9(5)21(19,20)13-4-8(15)10(12)16/h2-3,8,13-15H,4H2,1H3,(H2,12,16)(H,17,18). The van der Waals surface area contributed by atoms with Crippen LogP contribution in [0.3, 0.4) is 0 Å². The van der Waals surface area contributed by atoms with Crippen LogP contribution in [0.25, 0.3) is 0 Å². The topological polar surface area (TPSA) is 167 Å². The van der Waals surface area contributed by atoms with Crippen LogP contribution in [0.4, 0.5) is 0 Å². The molecule has 1 amide bonds. The molecular weight excluding hydrogens is 304 g/mol. The molecule has 0 spiro atoms. The van der Waals surface area contributed by atoms with Crippen LogP contribution >= 0.6 is 0 Å². The number of aryl methyl sites for hydroxylation is 1. The first-order valence-corrected chi connectivity index (χ1v) is 7.08. The number of sulfonamides is 1. The van der Waals surface area contributed by atoms with Crippen molar-refractivity contribution in [3.8, 4) is 5.75 Å². The predicted octanol–water partition coefficient (Wildman–Crippen LogP) is -1.48. The Morgan fingerprint density at radius 1 is 1.38 bits per heavy atom. The smallest absolute Gasteiger partial charge is 0.339 e. The van der Waals surface area contributed by atoms with Crippen LogP contribution in [0.2, 0.25) is 0 Å². The maximum atomic E-state index is 12.0. The Bertz CT molecular complexity index is 684. The van der Waals surface area contributed by atoms with Gasteiger partial charge in [-0.05, 0) is 24.6 Å². The van der Waals surface area contributed by atoms with Crippen LogP contribution in [-0.2, 0) is 14.8 Å². The zero-order valence-corrected chi connectivity index (χ0v) is 11.7. The summed E-state index contributed by atoms with van der Waals surface area (Å²) in [5.41, 5.74) is 4.29. The van der Waals surface area contributed by atoms with Crippen LogP contribution in [0.5, 0.6) is 5.75 Å². The van der Waals surface area contributed by atoms with Crippen molar-refractivity contribution < 1.29 is 33.3 Å². The van der Waals surface area contributed by atoms with Crippen molar-refractivity contribution in [3.05, 3.63) is 23.3 Å². The molecule has 1 rings (SSSR count). The maximum absolute atomic E-state index is 12.0. The number of hydrogen-bond acceptors (Lipinski definition) is 6. The molecule has 0 radical (unpaired) electrons. The minimum atomic E-state index is -4.18. The van der Waals surface area contributed by atoms with E-state index < -0.39 is 50.8 Å². The molecule has 10 heteroatoms. The second-order valence-corrected chi connectivity index (χ2v) is 5.95. The quantitative estimate of drug-likeness (QED) is 0.426. The summed E-state index contributed by atoms with van der Waals surface area (Å²) in [5.74, 6) is -3.18. The number of primary amides is 1. The van der Waals surface area contributed by atoms with E-state index in [9.17, 15) is 23.1 Å². The van der Waals surface area contributed by atoms with E-state index in [0.29, 0.717) is 0 Å². The molecule has 1 aromatic rings. The van der Waals surface area contributed by atoms with Crippen molar-refractivity contribution in [1.82, 2.24) is 4.72 Å². The summed E-state index contributed by atoms with van der Waals surface area (Å²) in [6, 6.07) is 1.77. The van der Waals surface area contributed by atoms with E-state index >= 15 is 0 Å². The first-order chi connectivity index (χ1) is 9.56. The Hall–Kier alpha value is -2.17. The largest absolute Gasteiger partial charge is 0.507 e. The number of aromatic carboxylic acids is 1. The number of aromatic hydroxyl groups is 1. The van der Waals surface area contributed by atoms with E-state index in [1.807, 2.05) is 4.72 Å². The lowest BCUT2D eigenvalue weighted by Crippen LogP contribution is -2.40. The normalized spacial score (nSPS) is 12.9. The molecule has 1 unspecified atom stereocenters. The van der Waals surface area contributed by atoms with Gasteiger partial charge < -0.3 is 21.1 Å². The number of benzene rings is 1. The average molecular weight is 318 g/mol. The number of hydrogen-bond donors (Lipinski definition) is 5. The lowest BCUT2D eigenvalue weighted by atomic mass is 10.1. The number of phenols is 1. The number of carboxylic acids is 1. The summed E-state index contributed by atoms with van der Waals surface area (Å²) in [6.45, 7) is 0.699. The van der Waals surface area contributed by atoms with Gasteiger partial charge in [0.15, 0.2) is 0 Å². The number of rotatable bonds is 6. The third-order valence-electron chi connectivity index (χ3n) is 2.61. The summed E-state index contributed by atoms with van der Waals surface area (Å²) < 4.78 is 26.0. The second-order valence-electron chi connectivity index (χ2n) is 4.21. The fourth-order valence-corrected chi connectivity index (χ4v) is 2.79. The van der Waals surface area contributed by atoms with Gasteiger partial charge in [0.2, 0.25) is 15.9 Å². The number of carbonyl (C=O) groups excluding carboxylic acids is 1. The van der Waals surface area contributed by atoms with Crippen LogP contribution in [0.15, 0.2) is 17.0 Å². The van der Waals surface area contributed by atoms with Gasteiger partial charge in [0.05, 0.1) is 4.90 Å². The molecule has 0 aromatic heterocycles. The molecule has 0 aliphatic heterocycles. The van der Waals surface area contributed by atoms with E-state index in [4.69, 9.17) is 15.9 Å². The fraction of sp³-hybridized carbons (Fsp3) is 0.273. The molecule has 9 nitrogen and oxygen atoms in total. The zero-order chi connectivity index (χ0) is 16.4. The van der Waals surface area contributed by atoms with E-state index in [2.05, 4.69) is 0 Å². The molecule has 1 aromatic carbocycles. The van der Waals surface area contributed by atoms with Gasteiger partial charge in [0.25, 0.3) is 0 Å². The molecule has 116 valence electrons. The summed E-state index contributed by atoms with van der Waals surface area (Å²) in [6.07, 6.45) is -1.71. The van der Waals surface area contributed by atoms with E-state index in [-0.39, 0.29) is 5.56 Å². The molecule has 0 heterocycles. The van der Waals surface area contributed by atoms with Gasteiger partial charge in [-0.1, -0.05) is 0 Å². The first-order valence-electron chi connectivity index (χ1n) is 5.60. The van der Waals surface area contributed by atoms with Gasteiger partial charge in [0.1, 0.15) is 17.4 Å². The zero-order valence-electron chi connectivity index (χ0n) is 10.9. The van der Waals surface area contributed by atoms with Crippen molar-refractivity contribution >= 4 is 21.9 Å². The highest BCUT2D eigenvalue weighted by Crippen LogP contribution is 2.25. The van der Waals surface area contributed by atoms with Crippen LogP contribution in [0.1, 0.15) is 15.9 Å². The van der Waals surface area contributed by atoms with E-state index in [1.165, 1.54) is 6.92 Å². The Labute approximate surface area is 120 Å². The average Bonchev–Trinajstić information content (AvgIpc) is 2.34. The van der Waals surface area contributed by atoms with Crippen molar-refractivity contribution in [2.75, 3.05) is 6.54 Å². The molecular formula is C11H14N2O7S. The lowest BCUT2D eigenvalue weighted by molar-refractivity contribution is -0.125. The Morgan fingerprint density at radius 2 is 1.95 bits per heavy atom. The van der Waals surface area contributed by atoms with Gasteiger partial charge in [-0.25, -0.2) is 17.9 Å². The minimum Gasteiger partial charge on any atom is -0.507 e. The highest BCUT2D eigenvalue weighted by molar-refractivity contribution is 7.89. The number of carboxylic acid groups (broad SMARTS) is 1. The van der Waals surface area contributed by atoms with Crippen LogP contribution in [0, 0.1) is 6.92 Å². The SMILES string of the molecule is Cc1cc(O)c(C(=O)O)cc1S(=O)(=O)NCC(O)C(N)=O. The van der Waals surface area contributed by atoms with E-state index in [1.54, 1.807) is 0 Å². The van der Waals surface area contributed by atoms with E-state index in [0.717, 1.165) is 12.1 Å². The number of nitrogens with two attached hydrogens (primary N) is 1. The lowest BCUT2D eigenvalue weighted by Gasteiger charge is -2.12. The Balaban J connectivity index is 3.17. The minimum absolute atomic E-state index is 0.0959. The van der Waals surface area contributed by atoms with Crippen LogP contribution in [-0.4, -0.2) is 48.3 Å². The fourth-order valence-electron chi connectivity index (χ4n) is 1.50. The monoisotopic (exact) mass is 318 g/mol. The van der Waals surface area contributed by atoms with Gasteiger partial charge in [-0.2, -0.15) is 0 Å². The van der Waals surface area contributed by atoms with Gasteiger partial charge in [0, 0.05) is 6.54 Å². The number of aliphatic hydroxyl groups is 1. The van der Waals surface area contributed by atoms with Gasteiger partial charge in [-0.3, -0.25) is 4.79 Å². The Kier molecular flexibility index (Phi) is 4.88. The molecule has 0 saturated heterocycles. The van der Waals surface area contributed by atoms with Crippen molar-refractivity contribution in [1.29, 1.82) is 0 Å². The highest BCUT2D eigenvalue weighted by Gasteiger charge is 2.23. The van der Waals surface area contributed by atoms with Gasteiger partial charge in [-0.15, -0.1) is 0 Å². The molecule has 0 bridgehead atoms. The third-order valence-corrected chi connectivity index (χ3v) is 4.17. The van der Waals surface area contributed by atoms with Crippen molar-refractivity contribution in [2.24, 2.45) is 5.73 Å². The Morgan fingerprint density at radius 3 is 2.43 bits per heavy atom. The highest BCUT2D eigenvalue weighted by atomic mass is 32.2. The number of aliphatic hydroxyl groups excluding tert-OH is 1. The molecule has 21 heavy (non-hydrogen) atoms. The van der Waals surface area contributed by atoms with Crippen molar-refractivity contribution in [3.63, 3.8) is 0 Å². The molecule has 0 saturated carbocycles. The number of nitrogens with one attached hydrogen (secondary N) is 1. The van der Waals surface area contributed by atoms with Gasteiger partial charge >= 0.3 is 5.97 Å². The number of carbonyl (C=O) groups is 2. The predicted molar refractivity (Wildman–Crippen MR) is 70.2 cm³/mol. The second kappa shape index (κ2) is 6.08. The summed E-state index contributed by atoms with van der Waals surface area (Å²) in [7, 11) is -4.18. The third kappa shape index (κ3) is 3.90. The summed E-state index contributed by atoms with van der Waals surface area (Å²) in [5, 5.41) is 27.5. The van der Waals surface area contributed by atoms with Crippen molar-refractivity contribution in [2.45, 2.75) is 17.9 Å². The molecule has 0 aliphatic carbocycles. The molecule has 1 atom stereocenters.